The molecule has 10 heteroatoms. The fraction of sp³-hybridized carbons (Fsp3) is 0.375. The Bertz CT molecular complexity index is 1220. The van der Waals surface area contributed by atoms with E-state index < -0.39 is 0 Å². The summed E-state index contributed by atoms with van der Waals surface area (Å²) in [6.45, 7) is 7.85. The van der Waals surface area contributed by atoms with Gasteiger partial charge in [0.15, 0.2) is 23.0 Å². The molecule has 3 aromatic rings. The summed E-state index contributed by atoms with van der Waals surface area (Å²) >= 11 is 2.15. The number of benzene rings is 2. The first kappa shape index (κ1) is 24.3. The Kier molecular flexibility index (Phi) is 7.27. The van der Waals surface area contributed by atoms with Gasteiger partial charge in [0.05, 0.1) is 43.3 Å². The van der Waals surface area contributed by atoms with E-state index in [1.165, 1.54) is 0 Å². The second-order valence-electron chi connectivity index (χ2n) is 7.67. The van der Waals surface area contributed by atoms with Crippen LogP contribution in [0.4, 0.5) is 5.69 Å². The standard InChI is InChI=1S/C24H27IN4O5/c1-6-28(7-2)14(3)29(24(30)15-8-20(31-4)21(32-5)10-17(15)25)19-12-26-27-18-11-23-22(9-16(18)19)33-13-34-23/h8-12,14H,6-7,13H2,1-5H3. The van der Waals surface area contributed by atoms with Crippen molar-refractivity contribution < 1.29 is 23.7 Å². The van der Waals surface area contributed by atoms with Crippen molar-refractivity contribution in [1.82, 2.24) is 15.1 Å². The molecular formula is C24H27IN4O5. The van der Waals surface area contributed by atoms with Crippen molar-refractivity contribution in [3.05, 3.63) is 39.6 Å². The average Bonchev–Trinajstić information content (AvgIpc) is 3.30. The Balaban J connectivity index is 1.91. The van der Waals surface area contributed by atoms with E-state index in [2.05, 4.69) is 51.5 Å². The van der Waals surface area contributed by atoms with Crippen LogP contribution in [0.5, 0.6) is 23.0 Å². The number of hydrogen-bond acceptors (Lipinski definition) is 8. The number of fused-ring (bicyclic) bond motifs is 2. The smallest absolute Gasteiger partial charge is 0.260 e. The summed E-state index contributed by atoms with van der Waals surface area (Å²) in [5.41, 5.74) is 1.76. The number of nitrogens with zero attached hydrogens (tertiary/aromatic N) is 4. The molecule has 0 bridgehead atoms. The van der Waals surface area contributed by atoms with E-state index in [9.17, 15) is 4.79 Å². The summed E-state index contributed by atoms with van der Waals surface area (Å²) in [5.74, 6) is 2.10. The molecular weight excluding hydrogens is 551 g/mol. The minimum atomic E-state index is -0.260. The number of ether oxygens (including phenoxy) is 4. The number of carbonyl (C=O) groups is 1. The van der Waals surface area contributed by atoms with Gasteiger partial charge in [-0.05, 0) is 60.8 Å². The molecule has 180 valence electrons. The third kappa shape index (κ3) is 4.31. The number of hydrogen-bond donors (Lipinski definition) is 0. The number of methoxy groups -OCH3 is 2. The molecule has 0 saturated carbocycles. The lowest BCUT2D eigenvalue weighted by Gasteiger charge is -2.37. The van der Waals surface area contributed by atoms with Crippen LogP contribution in [-0.4, -0.2) is 61.3 Å². The van der Waals surface area contributed by atoms with Crippen LogP contribution in [0, 0.1) is 3.57 Å². The molecule has 0 aliphatic carbocycles. The van der Waals surface area contributed by atoms with Gasteiger partial charge in [0.25, 0.3) is 5.91 Å². The van der Waals surface area contributed by atoms with Gasteiger partial charge in [-0.3, -0.25) is 14.6 Å². The van der Waals surface area contributed by atoms with E-state index in [1.807, 2.05) is 13.0 Å². The minimum Gasteiger partial charge on any atom is -0.493 e. The molecule has 0 spiro atoms. The van der Waals surface area contributed by atoms with Gasteiger partial charge in [-0.15, -0.1) is 0 Å². The van der Waals surface area contributed by atoms with E-state index in [0.29, 0.717) is 39.8 Å². The van der Waals surface area contributed by atoms with Gasteiger partial charge in [-0.1, -0.05) is 13.8 Å². The summed E-state index contributed by atoms with van der Waals surface area (Å²) in [5, 5.41) is 9.23. The van der Waals surface area contributed by atoms with E-state index in [-0.39, 0.29) is 18.9 Å². The summed E-state index contributed by atoms with van der Waals surface area (Å²) in [6.07, 6.45) is 1.36. The van der Waals surface area contributed by atoms with Gasteiger partial charge in [0.2, 0.25) is 6.79 Å². The molecule has 9 nitrogen and oxygen atoms in total. The van der Waals surface area contributed by atoms with Crippen LogP contribution in [0.3, 0.4) is 0 Å². The molecule has 1 aromatic heterocycles. The zero-order valence-electron chi connectivity index (χ0n) is 19.8. The predicted molar refractivity (Wildman–Crippen MR) is 137 cm³/mol. The fourth-order valence-electron chi connectivity index (χ4n) is 4.17. The fourth-order valence-corrected chi connectivity index (χ4v) is 4.84. The lowest BCUT2D eigenvalue weighted by atomic mass is 10.1. The Morgan fingerprint density at radius 2 is 1.74 bits per heavy atom. The highest BCUT2D eigenvalue weighted by Gasteiger charge is 2.31. The van der Waals surface area contributed by atoms with Gasteiger partial charge in [-0.25, -0.2) is 0 Å². The maximum Gasteiger partial charge on any atom is 0.260 e. The number of amides is 1. The monoisotopic (exact) mass is 578 g/mol. The van der Waals surface area contributed by atoms with E-state index >= 15 is 0 Å². The largest absolute Gasteiger partial charge is 0.493 e. The first-order valence-electron chi connectivity index (χ1n) is 11.0. The Labute approximate surface area is 212 Å². The molecule has 1 amide bonds. The molecule has 4 rings (SSSR count). The molecule has 1 aliphatic rings. The van der Waals surface area contributed by atoms with Gasteiger partial charge in [0, 0.05) is 15.0 Å². The zero-order valence-corrected chi connectivity index (χ0v) is 22.0. The zero-order chi connectivity index (χ0) is 24.4. The van der Waals surface area contributed by atoms with Crippen molar-refractivity contribution in [2.45, 2.75) is 26.9 Å². The van der Waals surface area contributed by atoms with Crippen LogP contribution in [-0.2, 0) is 0 Å². The number of rotatable bonds is 8. The van der Waals surface area contributed by atoms with Crippen LogP contribution < -0.4 is 23.8 Å². The van der Waals surface area contributed by atoms with Gasteiger partial charge < -0.3 is 18.9 Å². The lowest BCUT2D eigenvalue weighted by molar-refractivity contribution is 0.0937. The maximum atomic E-state index is 14.2. The van der Waals surface area contributed by atoms with Gasteiger partial charge in [0.1, 0.15) is 0 Å². The Morgan fingerprint density at radius 3 is 2.38 bits per heavy atom. The predicted octanol–water partition coefficient (Wildman–Crippen LogP) is 4.31. The van der Waals surface area contributed by atoms with Crippen molar-refractivity contribution >= 4 is 45.1 Å². The Morgan fingerprint density at radius 1 is 1.09 bits per heavy atom. The normalized spacial score (nSPS) is 13.3. The molecule has 2 aromatic carbocycles. The number of anilines is 1. The quantitative estimate of drug-likeness (QED) is 0.289. The van der Waals surface area contributed by atoms with Crippen molar-refractivity contribution in [2.24, 2.45) is 0 Å². The molecule has 0 fully saturated rings. The van der Waals surface area contributed by atoms with Crippen LogP contribution in [0.1, 0.15) is 31.1 Å². The van der Waals surface area contributed by atoms with E-state index in [4.69, 9.17) is 18.9 Å². The van der Waals surface area contributed by atoms with Gasteiger partial charge >= 0.3 is 0 Å². The van der Waals surface area contributed by atoms with Crippen LogP contribution in [0.15, 0.2) is 30.5 Å². The number of aromatic nitrogens is 2. The number of carbonyl (C=O) groups excluding carboxylic acids is 1. The topological polar surface area (TPSA) is 86.3 Å². The second kappa shape index (κ2) is 10.2. The molecule has 1 atom stereocenters. The van der Waals surface area contributed by atoms with Gasteiger partial charge in [-0.2, -0.15) is 10.2 Å². The first-order valence-corrected chi connectivity index (χ1v) is 12.0. The van der Waals surface area contributed by atoms with Crippen molar-refractivity contribution in [3.8, 4) is 23.0 Å². The second-order valence-corrected chi connectivity index (χ2v) is 8.83. The third-order valence-corrected chi connectivity index (χ3v) is 6.90. The van der Waals surface area contributed by atoms with Crippen LogP contribution >= 0.6 is 22.6 Å². The third-order valence-electron chi connectivity index (χ3n) is 6.01. The van der Waals surface area contributed by atoms with E-state index in [0.717, 1.165) is 22.0 Å². The van der Waals surface area contributed by atoms with Crippen molar-refractivity contribution in [2.75, 3.05) is 39.0 Å². The summed E-state index contributed by atoms with van der Waals surface area (Å²) < 4.78 is 22.7. The Hall–Kier alpha value is -2.86. The summed E-state index contributed by atoms with van der Waals surface area (Å²) in [7, 11) is 3.13. The van der Waals surface area contributed by atoms with Crippen LogP contribution in [0.2, 0.25) is 0 Å². The highest BCUT2D eigenvalue weighted by molar-refractivity contribution is 14.1. The molecule has 1 unspecified atom stereocenters. The lowest BCUT2D eigenvalue weighted by Crippen LogP contribution is -2.50. The molecule has 34 heavy (non-hydrogen) atoms. The summed E-state index contributed by atoms with van der Waals surface area (Å²) in [6, 6.07) is 7.17. The molecule has 0 saturated heterocycles. The average molecular weight is 578 g/mol. The van der Waals surface area contributed by atoms with Crippen LogP contribution in [0.25, 0.3) is 10.9 Å². The van der Waals surface area contributed by atoms with Crippen molar-refractivity contribution in [1.29, 1.82) is 0 Å². The molecule has 1 aliphatic heterocycles. The van der Waals surface area contributed by atoms with Crippen molar-refractivity contribution in [3.63, 3.8) is 0 Å². The highest BCUT2D eigenvalue weighted by atomic mass is 127. The molecule has 0 N–H and O–H groups in total. The molecule has 0 radical (unpaired) electrons. The summed E-state index contributed by atoms with van der Waals surface area (Å²) in [4.78, 5) is 18.1. The van der Waals surface area contributed by atoms with E-state index in [1.54, 1.807) is 43.5 Å². The number of halogens is 1. The SMILES string of the molecule is CCN(CC)C(C)N(C(=O)c1cc(OC)c(OC)cc1I)c1cnnc2cc3c(cc12)OCO3. The minimum absolute atomic E-state index is 0.150. The highest BCUT2D eigenvalue weighted by Crippen LogP contribution is 2.40. The molecule has 2 heterocycles. The first-order chi connectivity index (χ1) is 16.4. The maximum absolute atomic E-state index is 14.2.